The maximum atomic E-state index is 12.0. The average Bonchev–Trinajstić information content (AvgIpc) is 2.63. The molecule has 0 aromatic heterocycles. The number of hydrogen-bond acceptors (Lipinski definition) is 9. The summed E-state index contributed by atoms with van der Waals surface area (Å²) in [6.07, 6.45) is -0.131. The van der Waals surface area contributed by atoms with Crippen molar-refractivity contribution in [2.45, 2.75) is 59.5 Å². The molecule has 11 heteroatoms. The van der Waals surface area contributed by atoms with E-state index in [1.807, 2.05) is 6.92 Å². The zero-order valence-electron chi connectivity index (χ0n) is 17.6. The van der Waals surface area contributed by atoms with E-state index in [1.165, 1.54) is 20.8 Å². The highest BCUT2D eigenvalue weighted by Crippen LogP contribution is 2.23. The number of esters is 2. The number of hydrogen-bond donors (Lipinski definition) is 2. The van der Waals surface area contributed by atoms with Gasteiger partial charge in [0.15, 0.2) is 6.10 Å². The maximum Gasteiger partial charge on any atom is 0.335 e. The normalized spacial score (nSPS) is 12.9. The summed E-state index contributed by atoms with van der Waals surface area (Å²) >= 11 is 0. The van der Waals surface area contributed by atoms with E-state index in [2.05, 4.69) is 5.32 Å². The Hall–Kier alpha value is -1.72. The second-order valence-corrected chi connectivity index (χ2v) is 9.00. The molecular weight excluding hydrogens is 406 g/mol. The second-order valence-electron chi connectivity index (χ2n) is 7.24. The van der Waals surface area contributed by atoms with Gasteiger partial charge in [-0.3, -0.25) is 13.8 Å². The van der Waals surface area contributed by atoms with Crippen molar-refractivity contribution in [2.75, 3.05) is 32.1 Å². The number of carbonyl (C=O) groups is 3. The smallest absolute Gasteiger partial charge is 0.335 e. The van der Waals surface area contributed by atoms with Gasteiger partial charge in [-0.1, -0.05) is 20.8 Å². The minimum atomic E-state index is -3.87. The third-order valence-electron chi connectivity index (χ3n) is 3.77. The fourth-order valence-corrected chi connectivity index (χ4v) is 3.08. The third-order valence-corrected chi connectivity index (χ3v) is 5.03. The highest BCUT2D eigenvalue weighted by atomic mass is 32.2. The van der Waals surface area contributed by atoms with Crippen LogP contribution in [0.2, 0.25) is 0 Å². The van der Waals surface area contributed by atoms with E-state index in [1.54, 1.807) is 0 Å². The molecule has 0 aliphatic rings. The molecule has 170 valence electrons. The molecule has 0 spiro atoms. The monoisotopic (exact) mass is 439 g/mol. The zero-order valence-corrected chi connectivity index (χ0v) is 18.4. The highest BCUT2D eigenvalue weighted by molar-refractivity contribution is 7.86. The summed E-state index contributed by atoms with van der Waals surface area (Å²) in [4.78, 5) is 33.9. The Kier molecular flexibility index (Phi) is 12.7. The van der Waals surface area contributed by atoms with Crippen LogP contribution in [-0.2, 0) is 38.2 Å². The Morgan fingerprint density at radius 2 is 1.72 bits per heavy atom. The maximum absolute atomic E-state index is 12.0. The summed E-state index contributed by atoms with van der Waals surface area (Å²) in [5.41, 5.74) is -1.21. The largest absolute Gasteiger partial charge is 0.466 e. The van der Waals surface area contributed by atoms with Gasteiger partial charge >= 0.3 is 11.9 Å². The highest BCUT2D eigenvalue weighted by Gasteiger charge is 2.36. The van der Waals surface area contributed by atoms with Crippen LogP contribution in [0.4, 0.5) is 0 Å². The van der Waals surface area contributed by atoms with Gasteiger partial charge < -0.3 is 19.9 Å². The van der Waals surface area contributed by atoms with Gasteiger partial charge in [0.2, 0.25) is 5.91 Å². The first kappa shape index (κ1) is 27.3. The van der Waals surface area contributed by atoms with Crippen LogP contribution >= 0.6 is 0 Å². The van der Waals surface area contributed by atoms with E-state index < -0.39 is 34.2 Å². The summed E-state index contributed by atoms with van der Waals surface area (Å²) < 4.78 is 38.5. The van der Waals surface area contributed by atoms with Crippen LogP contribution in [0.5, 0.6) is 0 Å². The number of ether oxygens (including phenoxy) is 2. The zero-order chi connectivity index (χ0) is 22.5. The molecule has 10 nitrogen and oxygen atoms in total. The van der Waals surface area contributed by atoms with Crippen molar-refractivity contribution in [1.82, 2.24) is 5.32 Å². The Bertz CT molecular complexity index is 631. The second kappa shape index (κ2) is 13.5. The summed E-state index contributed by atoms with van der Waals surface area (Å²) in [7, 11) is -3.87. The van der Waals surface area contributed by atoms with Gasteiger partial charge in [0.25, 0.3) is 10.1 Å². The number of carbonyl (C=O) groups excluding carboxylic acids is 3. The van der Waals surface area contributed by atoms with Gasteiger partial charge in [0.1, 0.15) is 0 Å². The molecule has 0 radical (unpaired) electrons. The molecule has 0 aliphatic heterocycles. The van der Waals surface area contributed by atoms with Gasteiger partial charge in [-0.15, -0.1) is 0 Å². The quantitative estimate of drug-likeness (QED) is 0.212. The molecule has 1 atom stereocenters. The lowest BCUT2D eigenvalue weighted by Crippen LogP contribution is -2.41. The molecule has 29 heavy (non-hydrogen) atoms. The van der Waals surface area contributed by atoms with Crippen molar-refractivity contribution in [3.8, 4) is 0 Å². The SMILES string of the molecule is CCCC(=O)OCCCOC(=O)[C@H](O)C(C)(C)COS(=O)(=O)CCCNC(C)=O. The van der Waals surface area contributed by atoms with Gasteiger partial charge in [0.05, 0.1) is 25.6 Å². The first-order chi connectivity index (χ1) is 13.4. The standard InChI is InChI=1S/C18H33NO9S/c1-5-8-15(21)26-10-7-11-27-17(23)16(22)18(3,4)13-28-29(24,25)12-6-9-19-14(2)20/h16,22H,5-13H2,1-4H3,(H,19,20)/t16-/m0/s1. The minimum Gasteiger partial charge on any atom is -0.466 e. The lowest BCUT2D eigenvalue weighted by Gasteiger charge is -2.28. The van der Waals surface area contributed by atoms with Gasteiger partial charge in [-0.05, 0) is 12.8 Å². The molecule has 0 unspecified atom stereocenters. The Labute approximate surface area is 172 Å². The molecule has 0 aromatic rings. The Balaban J connectivity index is 4.27. The number of amides is 1. The summed E-state index contributed by atoms with van der Waals surface area (Å²) in [5.74, 6) is -1.80. The van der Waals surface area contributed by atoms with Crippen LogP contribution < -0.4 is 5.32 Å². The predicted octanol–water partition coefficient (Wildman–Crippen LogP) is 0.523. The molecular formula is C18H33NO9S. The molecule has 0 heterocycles. The third kappa shape index (κ3) is 13.2. The molecule has 0 aromatic carbocycles. The topological polar surface area (TPSA) is 145 Å². The van der Waals surface area contributed by atoms with Crippen molar-refractivity contribution in [2.24, 2.45) is 5.41 Å². The van der Waals surface area contributed by atoms with Crippen LogP contribution in [0.25, 0.3) is 0 Å². The van der Waals surface area contributed by atoms with Crippen LogP contribution in [-0.4, -0.2) is 69.6 Å². The van der Waals surface area contributed by atoms with Crippen molar-refractivity contribution in [3.05, 3.63) is 0 Å². The molecule has 0 saturated heterocycles. The first-order valence-electron chi connectivity index (χ1n) is 9.53. The molecule has 0 fully saturated rings. The van der Waals surface area contributed by atoms with Gasteiger partial charge in [-0.25, -0.2) is 4.79 Å². The van der Waals surface area contributed by atoms with E-state index in [-0.39, 0.29) is 50.2 Å². The van der Waals surface area contributed by atoms with Crippen molar-refractivity contribution in [1.29, 1.82) is 0 Å². The molecule has 2 N–H and O–H groups in total. The minimum absolute atomic E-state index is 0.0479. The number of aliphatic hydroxyl groups excluding tert-OH is 1. The molecule has 0 rings (SSSR count). The lowest BCUT2D eigenvalue weighted by atomic mass is 9.88. The van der Waals surface area contributed by atoms with Crippen LogP contribution in [0.3, 0.4) is 0 Å². The Morgan fingerprint density at radius 1 is 1.10 bits per heavy atom. The number of aliphatic hydroxyl groups is 1. The summed E-state index contributed by atoms with van der Waals surface area (Å²) in [6.45, 7) is 5.96. The van der Waals surface area contributed by atoms with Crippen molar-refractivity contribution >= 4 is 28.0 Å². The van der Waals surface area contributed by atoms with E-state index in [0.29, 0.717) is 12.8 Å². The first-order valence-corrected chi connectivity index (χ1v) is 11.1. The summed E-state index contributed by atoms with van der Waals surface area (Å²) in [6, 6.07) is 0. The summed E-state index contributed by atoms with van der Waals surface area (Å²) in [5, 5.41) is 12.6. The average molecular weight is 440 g/mol. The van der Waals surface area contributed by atoms with Crippen LogP contribution in [0.1, 0.15) is 53.4 Å². The molecule has 0 bridgehead atoms. The van der Waals surface area contributed by atoms with Crippen molar-refractivity contribution < 1.29 is 41.6 Å². The van der Waals surface area contributed by atoms with Crippen LogP contribution in [0, 0.1) is 5.41 Å². The molecule has 0 saturated carbocycles. The van der Waals surface area contributed by atoms with E-state index in [0.717, 1.165) is 0 Å². The fourth-order valence-electron chi connectivity index (χ4n) is 1.98. The predicted molar refractivity (Wildman–Crippen MR) is 104 cm³/mol. The van der Waals surface area contributed by atoms with Gasteiger partial charge in [-0.2, -0.15) is 8.42 Å². The van der Waals surface area contributed by atoms with Crippen LogP contribution in [0.15, 0.2) is 0 Å². The van der Waals surface area contributed by atoms with E-state index in [9.17, 15) is 27.9 Å². The number of nitrogens with one attached hydrogen (secondary N) is 1. The van der Waals surface area contributed by atoms with E-state index in [4.69, 9.17) is 13.7 Å². The fraction of sp³-hybridized carbons (Fsp3) is 0.833. The Morgan fingerprint density at radius 3 is 2.31 bits per heavy atom. The van der Waals surface area contributed by atoms with Crippen molar-refractivity contribution in [3.63, 3.8) is 0 Å². The lowest BCUT2D eigenvalue weighted by molar-refractivity contribution is -0.162. The molecule has 0 aliphatic carbocycles. The number of rotatable bonds is 15. The molecule has 1 amide bonds. The van der Waals surface area contributed by atoms with E-state index >= 15 is 0 Å². The van der Waals surface area contributed by atoms with Gasteiger partial charge in [0, 0.05) is 31.7 Å².